The van der Waals surface area contributed by atoms with Crippen molar-refractivity contribution in [3.8, 4) is 0 Å². The molecule has 0 aromatic carbocycles. The minimum Gasteiger partial charge on any atom is -0.380 e. The zero-order chi connectivity index (χ0) is 12.0. The van der Waals surface area contributed by atoms with Crippen LogP contribution in [0.2, 0.25) is 0 Å². The van der Waals surface area contributed by atoms with Gasteiger partial charge in [-0.25, -0.2) is 4.98 Å². The van der Waals surface area contributed by atoms with E-state index in [9.17, 15) is 4.79 Å². The topological polar surface area (TPSA) is 42.4 Å². The lowest BCUT2D eigenvalue weighted by Crippen LogP contribution is -2.23. The van der Waals surface area contributed by atoms with Gasteiger partial charge in [0.2, 0.25) is 0 Å². The third-order valence-corrected chi connectivity index (χ3v) is 2.32. The van der Waals surface area contributed by atoms with Crippen molar-refractivity contribution in [3.05, 3.63) is 23.9 Å². The fourth-order valence-corrected chi connectivity index (χ4v) is 1.28. The van der Waals surface area contributed by atoms with Crippen LogP contribution in [0.4, 0.5) is 5.82 Å². The number of likely N-dealkylation sites (N-methyl/N-ethyl adjacent to an activating group) is 1. The smallest absolute Gasteiger partial charge is 0.161 e. The monoisotopic (exact) mass is 222 g/mol. The van der Waals surface area contributed by atoms with Gasteiger partial charge in [0.15, 0.2) is 5.78 Å². The van der Waals surface area contributed by atoms with E-state index in [0.29, 0.717) is 12.2 Å². The van der Waals surface area contributed by atoms with Crippen molar-refractivity contribution < 1.29 is 9.53 Å². The van der Waals surface area contributed by atoms with Crippen LogP contribution < -0.4 is 4.90 Å². The number of hydrogen-bond acceptors (Lipinski definition) is 4. The van der Waals surface area contributed by atoms with Crippen molar-refractivity contribution in [1.29, 1.82) is 0 Å². The molecule has 0 aliphatic carbocycles. The van der Waals surface area contributed by atoms with Crippen LogP contribution in [0.25, 0.3) is 0 Å². The van der Waals surface area contributed by atoms with Gasteiger partial charge in [0, 0.05) is 32.0 Å². The first-order chi connectivity index (χ1) is 7.65. The summed E-state index contributed by atoms with van der Waals surface area (Å²) in [6.07, 6.45) is 1.61. The first-order valence-corrected chi connectivity index (χ1v) is 5.41. The van der Waals surface area contributed by atoms with Crippen LogP contribution in [0.5, 0.6) is 0 Å². The van der Waals surface area contributed by atoms with Crippen molar-refractivity contribution in [2.75, 3.05) is 31.7 Å². The van der Waals surface area contributed by atoms with Gasteiger partial charge >= 0.3 is 0 Å². The highest BCUT2D eigenvalue weighted by atomic mass is 16.5. The van der Waals surface area contributed by atoms with E-state index in [1.807, 2.05) is 24.9 Å². The highest BCUT2D eigenvalue weighted by Gasteiger charge is 2.04. The summed E-state index contributed by atoms with van der Waals surface area (Å²) in [5.41, 5.74) is 0.641. The molecule has 4 heteroatoms. The van der Waals surface area contributed by atoms with Gasteiger partial charge in [-0.3, -0.25) is 4.79 Å². The summed E-state index contributed by atoms with van der Waals surface area (Å²) in [6, 6.07) is 3.64. The number of rotatable bonds is 6. The molecule has 1 heterocycles. The molecule has 0 bridgehead atoms. The summed E-state index contributed by atoms with van der Waals surface area (Å²) < 4.78 is 5.26. The lowest BCUT2D eigenvalue weighted by molar-refractivity contribution is 0.101. The molecule has 1 aromatic heterocycles. The summed E-state index contributed by atoms with van der Waals surface area (Å²) in [7, 11) is 1.95. The fourth-order valence-electron chi connectivity index (χ4n) is 1.28. The minimum absolute atomic E-state index is 0.0380. The molecule has 0 spiro atoms. The quantitative estimate of drug-likeness (QED) is 0.543. The summed E-state index contributed by atoms with van der Waals surface area (Å²) >= 11 is 0. The molecule has 0 aliphatic rings. The molecule has 1 aromatic rings. The number of hydrogen-bond donors (Lipinski definition) is 0. The van der Waals surface area contributed by atoms with E-state index in [0.717, 1.165) is 19.0 Å². The Morgan fingerprint density at radius 1 is 1.50 bits per heavy atom. The van der Waals surface area contributed by atoms with Gasteiger partial charge in [-0.05, 0) is 26.0 Å². The van der Waals surface area contributed by atoms with Crippen LogP contribution in [0.3, 0.4) is 0 Å². The van der Waals surface area contributed by atoms with Crippen LogP contribution in [-0.4, -0.2) is 37.6 Å². The number of nitrogens with zero attached hydrogens (tertiary/aromatic N) is 2. The fraction of sp³-hybridized carbons (Fsp3) is 0.500. The third kappa shape index (κ3) is 3.62. The third-order valence-electron chi connectivity index (χ3n) is 2.32. The normalized spacial score (nSPS) is 10.2. The van der Waals surface area contributed by atoms with Gasteiger partial charge < -0.3 is 9.64 Å². The maximum absolute atomic E-state index is 11.1. The zero-order valence-electron chi connectivity index (χ0n) is 10.1. The molecule has 0 N–H and O–H groups in total. The Balaban J connectivity index is 2.56. The maximum atomic E-state index is 11.1. The van der Waals surface area contributed by atoms with Gasteiger partial charge in [0.05, 0.1) is 6.61 Å². The van der Waals surface area contributed by atoms with Crippen molar-refractivity contribution in [2.24, 2.45) is 0 Å². The predicted octanol–water partition coefficient (Wildman–Crippen LogP) is 1.76. The van der Waals surface area contributed by atoms with E-state index in [4.69, 9.17) is 4.74 Å². The Kier molecular flexibility index (Phi) is 4.92. The Morgan fingerprint density at radius 3 is 2.75 bits per heavy atom. The van der Waals surface area contributed by atoms with Gasteiger partial charge in [0.25, 0.3) is 0 Å². The first kappa shape index (κ1) is 12.6. The second-order valence-electron chi connectivity index (χ2n) is 3.58. The summed E-state index contributed by atoms with van der Waals surface area (Å²) in [4.78, 5) is 17.3. The molecule has 0 saturated heterocycles. The second-order valence-corrected chi connectivity index (χ2v) is 3.58. The van der Waals surface area contributed by atoms with Crippen molar-refractivity contribution in [1.82, 2.24) is 4.98 Å². The van der Waals surface area contributed by atoms with Crippen LogP contribution in [-0.2, 0) is 4.74 Å². The SMILES string of the molecule is CCOCCN(C)c1ccc(C(C)=O)cn1. The van der Waals surface area contributed by atoms with E-state index in [1.54, 1.807) is 12.3 Å². The van der Waals surface area contributed by atoms with E-state index in [1.165, 1.54) is 6.92 Å². The minimum atomic E-state index is 0.0380. The summed E-state index contributed by atoms with van der Waals surface area (Å²) in [5.74, 6) is 0.890. The lowest BCUT2D eigenvalue weighted by Gasteiger charge is -2.17. The van der Waals surface area contributed by atoms with Gasteiger partial charge in [-0.2, -0.15) is 0 Å². The number of carbonyl (C=O) groups excluding carboxylic acids is 1. The molecular formula is C12H18N2O2. The molecule has 0 atom stereocenters. The number of carbonyl (C=O) groups is 1. The number of anilines is 1. The number of aromatic nitrogens is 1. The van der Waals surface area contributed by atoms with Gasteiger partial charge in [-0.1, -0.05) is 0 Å². The number of ketones is 1. The van der Waals surface area contributed by atoms with E-state index in [-0.39, 0.29) is 5.78 Å². The average molecular weight is 222 g/mol. The highest BCUT2D eigenvalue weighted by Crippen LogP contribution is 2.09. The maximum Gasteiger partial charge on any atom is 0.161 e. The lowest BCUT2D eigenvalue weighted by atomic mass is 10.2. The standard InChI is InChI=1S/C12H18N2O2/c1-4-16-8-7-14(3)12-6-5-11(9-13-12)10(2)15/h5-6,9H,4,7-8H2,1-3H3. The molecule has 0 radical (unpaired) electrons. The Hall–Kier alpha value is -1.42. The average Bonchev–Trinajstić information content (AvgIpc) is 2.29. The van der Waals surface area contributed by atoms with Crippen LogP contribution >= 0.6 is 0 Å². The molecule has 0 fully saturated rings. The summed E-state index contributed by atoms with van der Waals surface area (Å²) in [6.45, 7) is 5.71. The molecule has 16 heavy (non-hydrogen) atoms. The van der Waals surface area contributed by atoms with Gasteiger partial charge in [0.1, 0.15) is 5.82 Å². The van der Waals surface area contributed by atoms with Gasteiger partial charge in [-0.15, -0.1) is 0 Å². The summed E-state index contributed by atoms with van der Waals surface area (Å²) in [5, 5.41) is 0. The van der Waals surface area contributed by atoms with Crippen LogP contribution in [0.1, 0.15) is 24.2 Å². The molecular weight excluding hydrogens is 204 g/mol. The molecule has 4 nitrogen and oxygen atoms in total. The van der Waals surface area contributed by atoms with Crippen LogP contribution in [0.15, 0.2) is 18.3 Å². The van der Waals surface area contributed by atoms with E-state index >= 15 is 0 Å². The molecule has 1 rings (SSSR count). The number of ether oxygens (including phenoxy) is 1. The molecule has 0 saturated carbocycles. The zero-order valence-corrected chi connectivity index (χ0v) is 10.1. The molecule has 0 aliphatic heterocycles. The van der Waals surface area contributed by atoms with Crippen molar-refractivity contribution >= 4 is 11.6 Å². The molecule has 0 unspecified atom stereocenters. The number of pyridine rings is 1. The molecule has 0 amide bonds. The second kappa shape index (κ2) is 6.23. The Morgan fingerprint density at radius 2 is 2.25 bits per heavy atom. The largest absolute Gasteiger partial charge is 0.380 e. The van der Waals surface area contributed by atoms with Crippen molar-refractivity contribution in [2.45, 2.75) is 13.8 Å². The van der Waals surface area contributed by atoms with Crippen molar-refractivity contribution in [3.63, 3.8) is 0 Å². The number of Topliss-reactive ketones (excluding diaryl/α,β-unsaturated/α-hetero) is 1. The highest BCUT2D eigenvalue weighted by molar-refractivity contribution is 5.93. The predicted molar refractivity (Wildman–Crippen MR) is 64.0 cm³/mol. The van der Waals surface area contributed by atoms with E-state index < -0.39 is 0 Å². The Bertz CT molecular complexity index is 335. The van der Waals surface area contributed by atoms with E-state index in [2.05, 4.69) is 4.98 Å². The molecule has 88 valence electrons. The van der Waals surface area contributed by atoms with Crippen LogP contribution in [0, 0.1) is 0 Å². The Labute approximate surface area is 96.2 Å². The first-order valence-electron chi connectivity index (χ1n) is 5.41.